The normalized spacial score (nSPS) is 19.9. The molecule has 4 N–H and O–H groups in total. The van der Waals surface area contributed by atoms with E-state index in [4.69, 9.17) is 0 Å². The zero-order valence-electron chi connectivity index (χ0n) is 15.5. The minimum absolute atomic E-state index is 0.0118. The van der Waals surface area contributed by atoms with E-state index in [1.165, 1.54) is 12.1 Å². The summed E-state index contributed by atoms with van der Waals surface area (Å²) in [7, 11) is 0. The smallest absolute Gasteiger partial charge is 0.315 e. The first kappa shape index (κ1) is 20.3. The van der Waals surface area contributed by atoms with Gasteiger partial charge < -0.3 is 30.9 Å². The monoisotopic (exact) mass is 406 g/mol. The van der Waals surface area contributed by atoms with E-state index in [1.54, 1.807) is 17.0 Å². The minimum Gasteiger partial charge on any atom is -0.394 e. The maximum absolute atomic E-state index is 12.7. The molecule has 3 rings (SSSR count). The number of nitro groups is 1. The first-order chi connectivity index (χ1) is 13.9. The number of benzene rings is 1. The summed E-state index contributed by atoms with van der Waals surface area (Å²) < 4.78 is 0. The molecule has 156 valence electrons. The highest BCUT2D eigenvalue weighted by Crippen LogP contribution is 2.20. The average Bonchev–Trinajstić information content (AvgIpc) is 3.18. The van der Waals surface area contributed by atoms with Crippen molar-refractivity contribution in [2.45, 2.75) is 12.1 Å². The number of rotatable bonds is 6. The van der Waals surface area contributed by atoms with Crippen molar-refractivity contribution in [3.63, 3.8) is 0 Å². The number of nitrogens with one attached hydrogen (secondary N) is 3. The first-order valence-electron chi connectivity index (χ1n) is 9.13. The molecule has 0 bridgehead atoms. The number of carbonyl (C=O) groups is 3. The summed E-state index contributed by atoms with van der Waals surface area (Å²) in [6.45, 7) is 1.34. The van der Waals surface area contributed by atoms with Crippen LogP contribution >= 0.6 is 0 Å². The number of hydrogen-bond donors (Lipinski definition) is 4. The molecule has 0 aliphatic carbocycles. The summed E-state index contributed by atoms with van der Waals surface area (Å²) in [5.41, 5.74) is 0.830. The molecule has 4 amide bonds. The molecule has 2 aliphatic heterocycles. The minimum atomic E-state index is -1.09. The molecular formula is C17H22N6O6. The lowest BCUT2D eigenvalue weighted by atomic mass is 10.2. The van der Waals surface area contributed by atoms with E-state index in [9.17, 15) is 29.6 Å². The quantitative estimate of drug-likeness (QED) is 0.327. The Labute approximate surface area is 166 Å². The number of piperazine rings is 1. The van der Waals surface area contributed by atoms with E-state index in [1.807, 2.05) is 4.90 Å². The number of carbonyl (C=O) groups excluding carboxylic acids is 3. The van der Waals surface area contributed by atoms with Crippen molar-refractivity contribution in [1.82, 2.24) is 20.9 Å². The summed E-state index contributed by atoms with van der Waals surface area (Å²) >= 11 is 0. The average molecular weight is 406 g/mol. The number of amides is 4. The van der Waals surface area contributed by atoms with Gasteiger partial charge in [0.2, 0.25) is 11.8 Å². The first-order valence-corrected chi connectivity index (χ1v) is 9.13. The number of non-ortho nitro benzene ring substituents is 1. The lowest BCUT2D eigenvalue weighted by molar-refractivity contribution is -0.384. The SMILES string of the molecule is O=C1NCC(C(=O)NC(CO)C(=O)N2CCN(c3ccc([N+](=O)[O-])cc3)CC2)N1. The van der Waals surface area contributed by atoms with Crippen LogP contribution in [0.25, 0.3) is 0 Å². The van der Waals surface area contributed by atoms with E-state index in [0.29, 0.717) is 26.2 Å². The van der Waals surface area contributed by atoms with Crippen LogP contribution in [0, 0.1) is 10.1 Å². The van der Waals surface area contributed by atoms with E-state index in [-0.39, 0.29) is 12.2 Å². The van der Waals surface area contributed by atoms with E-state index in [0.717, 1.165) is 5.69 Å². The summed E-state index contributed by atoms with van der Waals surface area (Å²) in [5, 5.41) is 27.6. The Morgan fingerprint density at radius 3 is 2.41 bits per heavy atom. The van der Waals surface area contributed by atoms with Crippen molar-refractivity contribution in [3.05, 3.63) is 34.4 Å². The zero-order chi connectivity index (χ0) is 21.0. The van der Waals surface area contributed by atoms with Gasteiger partial charge in [-0.15, -0.1) is 0 Å². The lowest BCUT2D eigenvalue weighted by Gasteiger charge is -2.37. The molecule has 1 aromatic rings. The van der Waals surface area contributed by atoms with Crippen molar-refractivity contribution in [3.8, 4) is 0 Å². The van der Waals surface area contributed by atoms with Crippen LogP contribution in [0.1, 0.15) is 0 Å². The molecule has 2 unspecified atom stereocenters. The van der Waals surface area contributed by atoms with Crippen molar-refractivity contribution in [2.75, 3.05) is 44.2 Å². The molecule has 12 nitrogen and oxygen atoms in total. The molecule has 12 heteroatoms. The van der Waals surface area contributed by atoms with Gasteiger partial charge in [-0.05, 0) is 12.1 Å². The third kappa shape index (κ3) is 4.71. The number of hydrogen-bond acceptors (Lipinski definition) is 7. The Morgan fingerprint density at radius 1 is 1.24 bits per heavy atom. The maximum atomic E-state index is 12.7. The van der Waals surface area contributed by atoms with Crippen LogP contribution in [0.15, 0.2) is 24.3 Å². The number of anilines is 1. The lowest BCUT2D eigenvalue weighted by Crippen LogP contribution is -2.58. The predicted octanol–water partition coefficient (Wildman–Crippen LogP) is -1.60. The second-order valence-corrected chi connectivity index (χ2v) is 6.74. The molecule has 2 saturated heterocycles. The molecule has 2 heterocycles. The van der Waals surface area contributed by atoms with Crippen LogP contribution in [0.5, 0.6) is 0 Å². The molecule has 0 spiro atoms. The summed E-state index contributed by atoms with van der Waals surface area (Å²) in [4.78, 5) is 49.8. The van der Waals surface area contributed by atoms with Gasteiger partial charge in [0.25, 0.3) is 5.69 Å². The van der Waals surface area contributed by atoms with Gasteiger partial charge in [-0.2, -0.15) is 0 Å². The third-order valence-corrected chi connectivity index (χ3v) is 4.90. The van der Waals surface area contributed by atoms with Gasteiger partial charge in [0, 0.05) is 50.5 Å². The van der Waals surface area contributed by atoms with E-state index >= 15 is 0 Å². The van der Waals surface area contributed by atoms with Gasteiger partial charge in [0.1, 0.15) is 12.1 Å². The number of nitro benzene ring substituents is 1. The Hall–Kier alpha value is -3.41. The highest BCUT2D eigenvalue weighted by atomic mass is 16.6. The van der Waals surface area contributed by atoms with Gasteiger partial charge in [-0.1, -0.05) is 0 Å². The molecule has 0 aromatic heterocycles. The molecular weight excluding hydrogens is 384 g/mol. The number of aliphatic hydroxyl groups excluding tert-OH is 1. The van der Waals surface area contributed by atoms with Crippen LogP contribution in [-0.2, 0) is 9.59 Å². The zero-order valence-corrected chi connectivity index (χ0v) is 15.5. The maximum Gasteiger partial charge on any atom is 0.315 e. The predicted molar refractivity (Wildman–Crippen MR) is 101 cm³/mol. The van der Waals surface area contributed by atoms with E-state index < -0.39 is 41.5 Å². The molecule has 1 aromatic carbocycles. The van der Waals surface area contributed by atoms with Gasteiger partial charge in [0.15, 0.2) is 0 Å². The van der Waals surface area contributed by atoms with Crippen LogP contribution in [0.2, 0.25) is 0 Å². The highest BCUT2D eigenvalue weighted by Gasteiger charge is 2.32. The van der Waals surface area contributed by atoms with Crippen molar-refractivity contribution < 1.29 is 24.4 Å². The second kappa shape index (κ2) is 8.73. The molecule has 2 fully saturated rings. The van der Waals surface area contributed by atoms with Crippen LogP contribution in [0.4, 0.5) is 16.2 Å². The molecule has 0 radical (unpaired) electrons. The fourth-order valence-electron chi connectivity index (χ4n) is 3.26. The van der Waals surface area contributed by atoms with Crippen LogP contribution < -0.4 is 20.9 Å². The van der Waals surface area contributed by atoms with Crippen molar-refractivity contribution in [1.29, 1.82) is 0 Å². The van der Waals surface area contributed by atoms with Crippen LogP contribution in [-0.4, -0.2) is 84.2 Å². The summed E-state index contributed by atoms with van der Waals surface area (Å²) in [5.74, 6) is -0.943. The van der Waals surface area contributed by atoms with Gasteiger partial charge in [-0.3, -0.25) is 19.7 Å². The molecule has 2 atom stereocenters. The van der Waals surface area contributed by atoms with Crippen molar-refractivity contribution >= 4 is 29.2 Å². The Morgan fingerprint density at radius 2 is 1.90 bits per heavy atom. The molecule has 0 saturated carbocycles. The standard InChI is InChI=1S/C17H22N6O6/c24-10-14(19-15(25)13-9-18-17(27)20-13)16(26)22-7-5-21(6-8-22)11-1-3-12(4-2-11)23(28)29/h1-4,13-14,24H,5-10H2,(H,19,25)(H2,18,20,27). The summed E-state index contributed by atoms with van der Waals surface area (Å²) in [6, 6.07) is 3.85. The topological polar surface area (TPSA) is 157 Å². The van der Waals surface area contributed by atoms with Crippen molar-refractivity contribution in [2.24, 2.45) is 0 Å². The number of nitrogens with zero attached hydrogens (tertiary/aromatic N) is 3. The van der Waals surface area contributed by atoms with Gasteiger partial charge >= 0.3 is 6.03 Å². The number of urea groups is 1. The number of aliphatic hydroxyl groups is 1. The Bertz CT molecular complexity index is 792. The van der Waals surface area contributed by atoms with Gasteiger partial charge in [-0.25, -0.2) is 4.79 Å². The molecule has 2 aliphatic rings. The largest absolute Gasteiger partial charge is 0.394 e. The van der Waals surface area contributed by atoms with Gasteiger partial charge in [0.05, 0.1) is 11.5 Å². The van der Waals surface area contributed by atoms with E-state index in [2.05, 4.69) is 16.0 Å². The Balaban J connectivity index is 1.53. The van der Waals surface area contributed by atoms with Crippen LogP contribution in [0.3, 0.4) is 0 Å². The fraction of sp³-hybridized carbons (Fsp3) is 0.471. The third-order valence-electron chi connectivity index (χ3n) is 4.90. The fourth-order valence-corrected chi connectivity index (χ4v) is 3.26. The highest BCUT2D eigenvalue weighted by molar-refractivity contribution is 5.93. The summed E-state index contributed by atoms with van der Waals surface area (Å²) in [6.07, 6.45) is 0. The second-order valence-electron chi connectivity index (χ2n) is 6.74. The Kier molecular flexibility index (Phi) is 6.12. The molecule has 29 heavy (non-hydrogen) atoms.